The van der Waals surface area contributed by atoms with E-state index < -0.39 is 36.4 Å². The zero-order valence-electron chi connectivity index (χ0n) is 14.5. The quantitative estimate of drug-likeness (QED) is 0.718. The molecule has 1 saturated heterocycles. The van der Waals surface area contributed by atoms with Crippen LogP contribution in [0.5, 0.6) is 0 Å². The molecular formula is C18H22F3NO3. The predicted octanol–water partition coefficient (Wildman–Crippen LogP) is 4.75. The van der Waals surface area contributed by atoms with Crippen LogP contribution in [0.3, 0.4) is 0 Å². The second kappa shape index (κ2) is 7.06. The van der Waals surface area contributed by atoms with Gasteiger partial charge in [-0.25, -0.2) is 4.79 Å². The van der Waals surface area contributed by atoms with E-state index in [0.29, 0.717) is 17.4 Å². The van der Waals surface area contributed by atoms with Gasteiger partial charge in [0.05, 0.1) is 12.0 Å². The molecule has 7 heteroatoms. The number of nitrogens with zero attached hydrogens (tertiary/aromatic N) is 1. The van der Waals surface area contributed by atoms with Gasteiger partial charge in [-0.1, -0.05) is 24.3 Å². The van der Waals surface area contributed by atoms with Gasteiger partial charge in [0.25, 0.3) is 0 Å². The number of hydrogen-bond acceptors (Lipinski definition) is 3. The number of aldehydes is 1. The highest BCUT2D eigenvalue weighted by Crippen LogP contribution is 2.41. The number of rotatable bonds is 2. The van der Waals surface area contributed by atoms with Gasteiger partial charge < -0.3 is 9.64 Å². The van der Waals surface area contributed by atoms with E-state index in [9.17, 15) is 22.8 Å². The van der Waals surface area contributed by atoms with Crippen molar-refractivity contribution in [3.63, 3.8) is 0 Å². The Kier molecular flexibility index (Phi) is 5.44. The number of likely N-dealkylation sites (tertiary alicyclic amines) is 1. The van der Waals surface area contributed by atoms with Crippen LogP contribution in [0.1, 0.15) is 55.6 Å². The molecular weight excluding hydrogens is 335 g/mol. The number of hydrogen-bond donors (Lipinski definition) is 0. The summed E-state index contributed by atoms with van der Waals surface area (Å²) < 4.78 is 44.8. The topological polar surface area (TPSA) is 46.6 Å². The molecule has 1 aromatic carbocycles. The molecule has 0 radical (unpaired) electrons. The average Bonchev–Trinajstić information content (AvgIpc) is 2.51. The van der Waals surface area contributed by atoms with E-state index in [1.54, 1.807) is 45.0 Å². The van der Waals surface area contributed by atoms with Gasteiger partial charge in [-0.2, -0.15) is 13.2 Å². The first-order chi connectivity index (χ1) is 11.5. The van der Waals surface area contributed by atoms with Crippen LogP contribution < -0.4 is 0 Å². The minimum absolute atomic E-state index is 0.0966. The van der Waals surface area contributed by atoms with Gasteiger partial charge >= 0.3 is 12.3 Å². The molecule has 2 atom stereocenters. The molecule has 1 aliphatic heterocycles. The summed E-state index contributed by atoms with van der Waals surface area (Å²) in [6.45, 7) is 4.50. The van der Waals surface area contributed by atoms with Gasteiger partial charge in [0.1, 0.15) is 11.9 Å². The Balaban J connectivity index is 2.36. The zero-order valence-corrected chi connectivity index (χ0v) is 14.5. The summed E-state index contributed by atoms with van der Waals surface area (Å²) in [4.78, 5) is 24.9. The number of carbonyl (C=O) groups is 2. The second-order valence-corrected chi connectivity index (χ2v) is 7.21. The fourth-order valence-corrected chi connectivity index (χ4v) is 3.01. The van der Waals surface area contributed by atoms with Gasteiger partial charge in [0.2, 0.25) is 0 Å². The Hall–Kier alpha value is -2.05. The number of benzene rings is 1. The summed E-state index contributed by atoms with van der Waals surface area (Å²) in [5, 5.41) is 0. The van der Waals surface area contributed by atoms with Crippen LogP contribution >= 0.6 is 0 Å². The smallest absolute Gasteiger partial charge is 0.410 e. The molecule has 25 heavy (non-hydrogen) atoms. The number of piperidine rings is 1. The standard InChI is InChI=1S/C18H22F3NO3/c1-17(2,3)25-16(24)22-10-13(18(19,20)21)8-9-15(22)14-7-5-4-6-12(14)11-23/h4-7,11,13,15H,8-10H2,1-3H3. The van der Waals surface area contributed by atoms with Crippen molar-refractivity contribution in [1.29, 1.82) is 0 Å². The summed E-state index contributed by atoms with van der Waals surface area (Å²) in [5.41, 5.74) is 0.0901. The molecule has 0 bridgehead atoms. The van der Waals surface area contributed by atoms with E-state index in [0.717, 1.165) is 4.90 Å². The Morgan fingerprint density at radius 2 is 1.84 bits per heavy atom. The highest BCUT2D eigenvalue weighted by atomic mass is 19.4. The van der Waals surface area contributed by atoms with Crippen LogP contribution in [0, 0.1) is 5.92 Å². The third-order valence-electron chi connectivity index (χ3n) is 4.15. The van der Waals surface area contributed by atoms with Crippen LogP contribution in [0.15, 0.2) is 24.3 Å². The first kappa shape index (κ1) is 19.3. The predicted molar refractivity (Wildman–Crippen MR) is 86.3 cm³/mol. The van der Waals surface area contributed by atoms with Gasteiger partial charge in [-0.15, -0.1) is 0 Å². The van der Waals surface area contributed by atoms with Crippen LogP contribution in [0.2, 0.25) is 0 Å². The Labute approximate surface area is 144 Å². The highest BCUT2D eigenvalue weighted by molar-refractivity contribution is 5.78. The summed E-state index contributed by atoms with van der Waals surface area (Å²) in [6, 6.07) is 6.01. The van der Waals surface area contributed by atoms with Crippen LogP contribution in [0.25, 0.3) is 0 Å². The Morgan fingerprint density at radius 3 is 2.40 bits per heavy atom. The lowest BCUT2D eigenvalue weighted by Crippen LogP contribution is -2.48. The molecule has 0 spiro atoms. The maximum Gasteiger partial charge on any atom is 0.410 e. The van der Waals surface area contributed by atoms with Crippen LogP contribution in [-0.2, 0) is 4.74 Å². The second-order valence-electron chi connectivity index (χ2n) is 7.21. The minimum Gasteiger partial charge on any atom is -0.444 e. The third kappa shape index (κ3) is 4.74. The highest BCUT2D eigenvalue weighted by Gasteiger charge is 2.46. The molecule has 4 nitrogen and oxygen atoms in total. The van der Waals surface area contributed by atoms with E-state index in [1.165, 1.54) is 0 Å². The molecule has 2 rings (SSSR count). The molecule has 0 saturated carbocycles. The van der Waals surface area contributed by atoms with Crippen LogP contribution in [0.4, 0.5) is 18.0 Å². The van der Waals surface area contributed by atoms with E-state index in [-0.39, 0.29) is 12.8 Å². The maximum absolute atomic E-state index is 13.2. The lowest BCUT2D eigenvalue weighted by atomic mass is 9.87. The summed E-state index contributed by atoms with van der Waals surface area (Å²) >= 11 is 0. The molecule has 0 aliphatic carbocycles. The molecule has 1 fully saturated rings. The number of amides is 1. The van der Waals surface area contributed by atoms with Crippen molar-refractivity contribution in [1.82, 2.24) is 4.90 Å². The lowest BCUT2D eigenvalue weighted by molar-refractivity contribution is -0.188. The lowest BCUT2D eigenvalue weighted by Gasteiger charge is -2.41. The fourth-order valence-electron chi connectivity index (χ4n) is 3.01. The first-order valence-corrected chi connectivity index (χ1v) is 8.13. The normalized spacial score (nSPS) is 21.8. The molecule has 138 valence electrons. The number of alkyl halides is 3. The van der Waals surface area contributed by atoms with E-state index in [2.05, 4.69) is 0 Å². The maximum atomic E-state index is 13.2. The van der Waals surface area contributed by atoms with Gasteiger partial charge in [0.15, 0.2) is 0 Å². The number of carbonyl (C=O) groups excluding carboxylic acids is 2. The first-order valence-electron chi connectivity index (χ1n) is 8.13. The van der Waals surface area contributed by atoms with Crippen molar-refractivity contribution in [3.8, 4) is 0 Å². The molecule has 2 unspecified atom stereocenters. The number of halogens is 3. The number of ether oxygens (including phenoxy) is 1. The summed E-state index contributed by atoms with van der Waals surface area (Å²) in [5.74, 6) is -1.60. The molecule has 1 heterocycles. The van der Waals surface area contributed by atoms with E-state index in [4.69, 9.17) is 4.74 Å². The Morgan fingerprint density at radius 1 is 1.20 bits per heavy atom. The van der Waals surface area contributed by atoms with Crippen molar-refractivity contribution in [3.05, 3.63) is 35.4 Å². The van der Waals surface area contributed by atoms with Gasteiger partial charge in [-0.05, 0) is 39.2 Å². The Bertz CT molecular complexity index is 637. The van der Waals surface area contributed by atoms with E-state index in [1.807, 2.05) is 0 Å². The minimum atomic E-state index is -4.38. The zero-order chi connectivity index (χ0) is 18.8. The fraction of sp³-hybridized carbons (Fsp3) is 0.556. The summed E-state index contributed by atoms with van der Waals surface area (Å²) in [7, 11) is 0. The molecule has 1 aromatic rings. The van der Waals surface area contributed by atoms with Crippen molar-refractivity contribution in [2.45, 2.75) is 51.4 Å². The largest absolute Gasteiger partial charge is 0.444 e. The van der Waals surface area contributed by atoms with Gasteiger partial charge in [-0.3, -0.25) is 4.79 Å². The van der Waals surface area contributed by atoms with Crippen molar-refractivity contribution in [2.75, 3.05) is 6.54 Å². The van der Waals surface area contributed by atoms with Crippen molar-refractivity contribution < 1.29 is 27.5 Å². The summed E-state index contributed by atoms with van der Waals surface area (Å²) in [6.07, 6.45) is -4.50. The average molecular weight is 357 g/mol. The molecule has 1 aliphatic rings. The van der Waals surface area contributed by atoms with Crippen molar-refractivity contribution in [2.24, 2.45) is 5.92 Å². The monoisotopic (exact) mass is 357 g/mol. The van der Waals surface area contributed by atoms with Crippen molar-refractivity contribution >= 4 is 12.4 Å². The molecule has 0 aromatic heterocycles. The van der Waals surface area contributed by atoms with Crippen LogP contribution in [-0.4, -0.2) is 35.6 Å². The molecule has 1 amide bonds. The third-order valence-corrected chi connectivity index (χ3v) is 4.15. The van der Waals surface area contributed by atoms with Gasteiger partial charge in [0, 0.05) is 12.1 Å². The molecule has 0 N–H and O–H groups in total. The van der Waals surface area contributed by atoms with E-state index >= 15 is 0 Å². The SMILES string of the molecule is CC(C)(C)OC(=O)N1CC(C(F)(F)F)CCC1c1ccccc1C=O.